The van der Waals surface area contributed by atoms with E-state index in [9.17, 15) is 14.9 Å². The lowest BCUT2D eigenvalue weighted by Gasteiger charge is -2.17. The highest BCUT2D eigenvalue weighted by Crippen LogP contribution is 2.22. The summed E-state index contributed by atoms with van der Waals surface area (Å²) < 4.78 is 5.16. The fraction of sp³-hybridized carbons (Fsp3) is 0.417. The van der Waals surface area contributed by atoms with Gasteiger partial charge in [0.1, 0.15) is 5.69 Å². The molecule has 1 rings (SSSR count). The van der Waals surface area contributed by atoms with E-state index in [0.29, 0.717) is 25.3 Å². The first-order valence-corrected chi connectivity index (χ1v) is 5.84. The fourth-order valence-electron chi connectivity index (χ4n) is 1.52. The topological polar surface area (TPSA) is 98.7 Å². The van der Waals surface area contributed by atoms with Crippen LogP contribution in [-0.2, 0) is 4.74 Å². The number of benzene rings is 1. The molecule has 104 valence electrons. The zero-order chi connectivity index (χ0) is 14.4. The third-order valence-electron chi connectivity index (χ3n) is 2.59. The molecule has 0 aliphatic carbocycles. The highest BCUT2D eigenvalue weighted by Gasteiger charge is 2.16. The Bertz CT molecular complexity index is 476. The Morgan fingerprint density at radius 3 is 2.74 bits per heavy atom. The van der Waals surface area contributed by atoms with Gasteiger partial charge in [0.2, 0.25) is 0 Å². The maximum Gasteiger partial charge on any atom is 0.292 e. The number of nitrogen functional groups attached to an aromatic ring is 1. The number of hydrogen-bond donors (Lipinski definition) is 1. The first-order chi connectivity index (χ1) is 8.97. The summed E-state index contributed by atoms with van der Waals surface area (Å²) in [6.45, 7) is 3.36. The van der Waals surface area contributed by atoms with E-state index in [-0.39, 0.29) is 17.3 Å². The van der Waals surface area contributed by atoms with Crippen LogP contribution in [0.1, 0.15) is 17.3 Å². The van der Waals surface area contributed by atoms with Crippen LogP contribution in [0.15, 0.2) is 18.2 Å². The number of nitro benzene ring substituents is 1. The number of amides is 1. The molecule has 0 atom stereocenters. The molecule has 0 aliphatic heterocycles. The Balaban J connectivity index is 2.77. The van der Waals surface area contributed by atoms with Crippen molar-refractivity contribution in [1.29, 1.82) is 0 Å². The van der Waals surface area contributed by atoms with Crippen LogP contribution in [0.5, 0.6) is 0 Å². The minimum Gasteiger partial charge on any atom is -0.393 e. The monoisotopic (exact) mass is 267 g/mol. The second kappa shape index (κ2) is 6.69. The van der Waals surface area contributed by atoms with Gasteiger partial charge in [-0.3, -0.25) is 14.9 Å². The Morgan fingerprint density at radius 2 is 2.21 bits per heavy atom. The molecule has 0 saturated carbocycles. The molecule has 0 fully saturated rings. The zero-order valence-electron chi connectivity index (χ0n) is 11.0. The van der Waals surface area contributed by atoms with Gasteiger partial charge in [-0.25, -0.2) is 0 Å². The number of anilines is 1. The summed E-state index contributed by atoms with van der Waals surface area (Å²) in [6, 6.07) is 3.95. The highest BCUT2D eigenvalue weighted by atomic mass is 16.6. The van der Waals surface area contributed by atoms with Crippen LogP contribution in [-0.4, -0.2) is 42.5 Å². The largest absolute Gasteiger partial charge is 0.393 e. The SMILES string of the molecule is CCOCCN(C)C(=O)c1ccc([N+](=O)[O-])c(N)c1. The van der Waals surface area contributed by atoms with E-state index in [1.54, 1.807) is 7.05 Å². The van der Waals surface area contributed by atoms with Gasteiger partial charge in [0.15, 0.2) is 0 Å². The fourth-order valence-corrected chi connectivity index (χ4v) is 1.52. The number of nitrogens with zero attached hydrogens (tertiary/aromatic N) is 2. The number of carbonyl (C=O) groups is 1. The van der Waals surface area contributed by atoms with Crippen LogP contribution in [0.25, 0.3) is 0 Å². The van der Waals surface area contributed by atoms with Crippen molar-refractivity contribution in [2.45, 2.75) is 6.92 Å². The van der Waals surface area contributed by atoms with E-state index in [2.05, 4.69) is 0 Å². The Labute approximate surface area is 111 Å². The molecule has 0 heterocycles. The van der Waals surface area contributed by atoms with Crippen LogP contribution >= 0.6 is 0 Å². The molecule has 0 aromatic heterocycles. The van der Waals surface area contributed by atoms with Crippen molar-refractivity contribution in [3.05, 3.63) is 33.9 Å². The lowest BCUT2D eigenvalue weighted by Crippen LogP contribution is -2.30. The van der Waals surface area contributed by atoms with Crippen molar-refractivity contribution in [2.75, 3.05) is 32.5 Å². The summed E-state index contributed by atoms with van der Waals surface area (Å²) in [6.07, 6.45) is 0. The molecule has 7 nitrogen and oxygen atoms in total. The molecule has 19 heavy (non-hydrogen) atoms. The minimum atomic E-state index is -0.581. The average molecular weight is 267 g/mol. The normalized spacial score (nSPS) is 10.2. The van der Waals surface area contributed by atoms with Crippen molar-refractivity contribution in [2.24, 2.45) is 0 Å². The van der Waals surface area contributed by atoms with Gasteiger partial charge < -0.3 is 15.4 Å². The summed E-state index contributed by atoms with van der Waals surface area (Å²) in [5.74, 6) is -0.249. The molecule has 1 aromatic rings. The van der Waals surface area contributed by atoms with Crippen molar-refractivity contribution in [3.8, 4) is 0 Å². The number of ether oxygens (including phenoxy) is 1. The molecular weight excluding hydrogens is 250 g/mol. The summed E-state index contributed by atoms with van der Waals surface area (Å²) >= 11 is 0. The molecule has 0 aliphatic rings. The predicted molar refractivity (Wildman–Crippen MR) is 71.0 cm³/mol. The van der Waals surface area contributed by atoms with Crippen molar-refractivity contribution in [1.82, 2.24) is 4.90 Å². The van der Waals surface area contributed by atoms with Crippen molar-refractivity contribution in [3.63, 3.8) is 0 Å². The molecule has 0 unspecified atom stereocenters. The molecule has 0 bridgehead atoms. The Hall–Kier alpha value is -2.15. The maximum atomic E-state index is 12.0. The second-order valence-corrected chi connectivity index (χ2v) is 3.95. The first kappa shape index (κ1) is 14.9. The van der Waals surface area contributed by atoms with E-state index in [1.165, 1.54) is 23.1 Å². The lowest BCUT2D eigenvalue weighted by atomic mass is 10.1. The minimum absolute atomic E-state index is 0.0194. The molecule has 7 heteroatoms. The maximum absolute atomic E-state index is 12.0. The molecule has 0 spiro atoms. The van der Waals surface area contributed by atoms with Gasteiger partial charge >= 0.3 is 0 Å². The van der Waals surface area contributed by atoms with E-state index in [1.807, 2.05) is 6.92 Å². The van der Waals surface area contributed by atoms with Gasteiger partial charge in [0, 0.05) is 31.8 Å². The number of rotatable bonds is 6. The predicted octanol–water partition coefficient (Wildman–Crippen LogP) is 1.29. The van der Waals surface area contributed by atoms with E-state index in [4.69, 9.17) is 10.5 Å². The standard InChI is InChI=1S/C12H17N3O4/c1-3-19-7-6-14(2)12(16)9-4-5-11(15(17)18)10(13)8-9/h4-5,8H,3,6-7,13H2,1-2H3. The Kier molecular flexibility index (Phi) is 5.25. The molecule has 0 radical (unpaired) electrons. The third-order valence-corrected chi connectivity index (χ3v) is 2.59. The highest BCUT2D eigenvalue weighted by molar-refractivity contribution is 5.95. The molecule has 0 saturated heterocycles. The van der Waals surface area contributed by atoms with Crippen LogP contribution in [0.2, 0.25) is 0 Å². The summed E-state index contributed by atoms with van der Waals surface area (Å²) in [4.78, 5) is 23.5. The van der Waals surface area contributed by atoms with E-state index >= 15 is 0 Å². The van der Waals surface area contributed by atoms with Crippen LogP contribution in [0.3, 0.4) is 0 Å². The average Bonchev–Trinajstić information content (AvgIpc) is 2.37. The zero-order valence-corrected chi connectivity index (χ0v) is 11.0. The third kappa shape index (κ3) is 3.92. The second-order valence-electron chi connectivity index (χ2n) is 3.95. The van der Waals surface area contributed by atoms with Gasteiger partial charge in [-0.05, 0) is 19.1 Å². The van der Waals surface area contributed by atoms with Gasteiger partial charge in [0.25, 0.3) is 11.6 Å². The van der Waals surface area contributed by atoms with Gasteiger partial charge in [-0.2, -0.15) is 0 Å². The van der Waals surface area contributed by atoms with Crippen LogP contribution in [0.4, 0.5) is 11.4 Å². The van der Waals surface area contributed by atoms with Crippen LogP contribution in [0, 0.1) is 10.1 Å². The molecule has 1 amide bonds. The van der Waals surface area contributed by atoms with Crippen molar-refractivity contribution >= 4 is 17.3 Å². The molecule has 1 aromatic carbocycles. The number of likely N-dealkylation sites (N-methyl/N-ethyl adjacent to an activating group) is 1. The molecule has 2 N–H and O–H groups in total. The van der Waals surface area contributed by atoms with E-state index < -0.39 is 4.92 Å². The summed E-state index contributed by atoms with van der Waals surface area (Å²) in [5, 5.41) is 10.6. The number of carbonyl (C=O) groups excluding carboxylic acids is 1. The lowest BCUT2D eigenvalue weighted by molar-refractivity contribution is -0.383. The van der Waals surface area contributed by atoms with Gasteiger partial charge in [0.05, 0.1) is 11.5 Å². The van der Waals surface area contributed by atoms with E-state index in [0.717, 1.165) is 0 Å². The number of nitro groups is 1. The van der Waals surface area contributed by atoms with Crippen LogP contribution < -0.4 is 5.73 Å². The Morgan fingerprint density at radius 1 is 1.53 bits per heavy atom. The number of nitrogens with two attached hydrogens (primary N) is 1. The quantitative estimate of drug-likeness (QED) is 0.362. The van der Waals surface area contributed by atoms with Gasteiger partial charge in [-0.1, -0.05) is 0 Å². The number of hydrogen-bond acceptors (Lipinski definition) is 5. The van der Waals surface area contributed by atoms with Crippen molar-refractivity contribution < 1.29 is 14.5 Å². The molecular formula is C12H17N3O4. The summed E-state index contributed by atoms with van der Waals surface area (Å²) in [5.41, 5.74) is 5.65. The smallest absolute Gasteiger partial charge is 0.292 e. The first-order valence-electron chi connectivity index (χ1n) is 5.84. The van der Waals surface area contributed by atoms with Gasteiger partial charge in [-0.15, -0.1) is 0 Å². The summed E-state index contributed by atoms with van der Waals surface area (Å²) in [7, 11) is 1.64.